The fourth-order valence-corrected chi connectivity index (χ4v) is 4.74. The molecule has 2 aliphatic carbocycles. The van der Waals surface area contributed by atoms with Crippen molar-refractivity contribution in [1.29, 1.82) is 0 Å². The minimum Gasteiger partial charge on any atom is -0.469 e. The standard InChI is InChI=1S/C25H38O5/c1-3-4-15-25(16-10-17-25)23(28)13-9-12-20-19(21(26)18-22(20)27)11-7-5-6-8-14-24(29)30-2/h3,5,7,9,12,19-20,22-23,27-28H,1,4,6,8,10-11,13-18H2,2H3/b7-5-,12-9+/t19-,20-,22-,23?/m1/s1. The van der Waals surface area contributed by atoms with Crippen molar-refractivity contribution in [2.24, 2.45) is 17.3 Å². The van der Waals surface area contributed by atoms with Crippen molar-refractivity contribution in [3.05, 3.63) is 37.0 Å². The van der Waals surface area contributed by atoms with E-state index in [-0.39, 0.29) is 41.5 Å². The first-order valence-electron chi connectivity index (χ1n) is 11.3. The van der Waals surface area contributed by atoms with Crippen LogP contribution in [0.25, 0.3) is 0 Å². The van der Waals surface area contributed by atoms with Gasteiger partial charge in [-0.2, -0.15) is 0 Å². The summed E-state index contributed by atoms with van der Waals surface area (Å²) in [7, 11) is 1.38. The van der Waals surface area contributed by atoms with Gasteiger partial charge in [0.05, 0.1) is 19.3 Å². The smallest absolute Gasteiger partial charge is 0.305 e. The van der Waals surface area contributed by atoms with Gasteiger partial charge < -0.3 is 14.9 Å². The van der Waals surface area contributed by atoms with Crippen LogP contribution in [0, 0.1) is 17.3 Å². The molecule has 2 aliphatic rings. The van der Waals surface area contributed by atoms with Gasteiger partial charge in [0, 0.05) is 24.7 Å². The molecule has 5 nitrogen and oxygen atoms in total. The molecule has 0 aromatic rings. The van der Waals surface area contributed by atoms with Crippen LogP contribution in [0.15, 0.2) is 37.0 Å². The summed E-state index contributed by atoms with van der Waals surface area (Å²) in [6.07, 6.45) is 17.1. The molecule has 2 rings (SSSR count). The van der Waals surface area contributed by atoms with Crippen molar-refractivity contribution in [2.45, 2.75) is 82.8 Å². The van der Waals surface area contributed by atoms with E-state index in [1.54, 1.807) is 0 Å². The van der Waals surface area contributed by atoms with Gasteiger partial charge in [-0.15, -0.1) is 6.58 Å². The number of ketones is 1. The predicted octanol–water partition coefficient (Wildman–Crippen LogP) is 4.29. The lowest BCUT2D eigenvalue weighted by atomic mass is 9.62. The van der Waals surface area contributed by atoms with Gasteiger partial charge in [0.1, 0.15) is 5.78 Å². The van der Waals surface area contributed by atoms with Crippen molar-refractivity contribution >= 4 is 11.8 Å². The zero-order valence-electron chi connectivity index (χ0n) is 18.3. The van der Waals surface area contributed by atoms with E-state index in [2.05, 4.69) is 11.3 Å². The second-order valence-electron chi connectivity index (χ2n) is 8.82. The Morgan fingerprint density at radius 1 is 1.30 bits per heavy atom. The Morgan fingerprint density at radius 2 is 2.07 bits per heavy atom. The molecule has 0 spiro atoms. The molecule has 1 unspecified atom stereocenters. The molecule has 2 saturated carbocycles. The molecular weight excluding hydrogens is 380 g/mol. The van der Waals surface area contributed by atoms with Gasteiger partial charge >= 0.3 is 5.97 Å². The molecule has 168 valence electrons. The summed E-state index contributed by atoms with van der Waals surface area (Å²) in [4.78, 5) is 23.4. The van der Waals surface area contributed by atoms with Crippen LogP contribution in [0.1, 0.15) is 70.6 Å². The third-order valence-corrected chi connectivity index (χ3v) is 6.89. The number of esters is 1. The number of ether oxygens (including phenoxy) is 1. The summed E-state index contributed by atoms with van der Waals surface area (Å²) in [5.74, 6) is -0.532. The Kier molecular flexibility index (Phi) is 9.99. The Labute approximate surface area is 180 Å². The van der Waals surface area contributed by atoms with Crippen molar-refractivity contribution in [3.63, 3.8) is 0 Å². The molecule has 0 aromatic carbocycles. The number of carbonyl (C=O) groups excluding carboxylic acids is 2. The topological polar surface area (TPSA) is 83.8 Å². The molecule has 0 aliphatic heterocycles. The Hall–Kier alpha value is -1.72. The highest BCUT2D eigenvalue weighted by molar-refractivity contribution is 5.84. The minimum atomic E-state index is -0.651. The van der Waals surface area contributed by atoms with Crippen LogP contribution in [0.4, 0.5) is 0 Å². The lowest BCUT2D eigenvalue weighted by Gasteiger charge is -2.45. The average molecular weight is 419 g/mol. The predicted molar refractivity (Wildman–Crippen MR) is 118 cm³/mol. The molecule has 4 atom stereocenters. The Balaban J connectivity index is 1.84. The van der Waals surface area contributed by atoms with Gasteiger partial charge in [0.15, 0.2) is 0 Å². The number of carbonyl (C=O) groups is 2. The molecular formula is C25H38O5. The summed E-state index contributed by atoms with van der Waals surface area (Å²) in [6, 6.07) is 0. The number of rotatable bonds is 13. The van der Waals surface area contributed by atoms with Gasteiger partial charge in [-0.1, -0.05) is 36.8 Å². The Morgan fingerprint density at radius 3 is 2.70 bits per heavy atom. The number of Topliss-reactive ketones (excluding diaryl/α,β-unsaturated/α-hetero) is 1. The summed E-state index contributed by atoms with van der Waals surface area (Å²) in [6.45, 7) is 3.79. The lowest BCUT2D eigenvalue weighted by molar-refractivity contribution is -0.140. The molecule has 0 saturated heterocycles. The number of unbranched alkanes of at least 4 members (excludes halogenated alkanes) is 1. The molecule has 2 fully saturated rings. The van der Waals surface area contributed by atoms with Crippen molar-refractivity contribution < 1.29 is 24.5 Å². The molecule has 30 heavy (non-hydrogen) atoms. The third kappa shape index (κ3) is 6.64. The maximum Gasteiger partial charge on any atom is 0.305 e. The molecule has 0 radical (unpaired) electrons. The van der Waals surface area contributed by atoms with E-state index in [0.29, 0.717) is 19.3 Å². The Bertz CT molecular complexity index is 631. The van der Waals surface area contributed by atoms with E-state index in [4.69, 9.17) is 0 Å². The van der Waals surface area contributed by atoms with Crippen LogP contribution < -0.4 is 0 Å². The van der Waals surface area contributed by atoms with Crippen molar-refractivity contribution in [2.75, 3.05) is 7.11 Å². The zero-order chi connectivity index (χ0) is 22.0. The number of aliphatic hydroxyl groups excluding tert-OH is 2. The number of hydrogen-bond acceptors (Lipinski definition) is 5. The third-order valence-electron chi connectivity index (χ3n) is 6.89. The lowest BCUT2D eigenvalue weighted by Crippen LogP contribution is -2.41. The highest BCUT2D eigenvalue weighted by atomic mass is 16.5. The largest absolute Gasteiger partial charge is 0.469 e. The van der Waals surface area contributed by atoms with E-state index in [1.807, 2.05) is 30.4 Å². The fourth-order valence-electron chi connectivity index (χ4n) is 4.74. The van der Waals surface area contributed by atoms with Crippen LogP contribution in [0.3, 0.4) is 0 Å². The second kappa shape index (κ2) is 12.2. The van der Waals surface area contributed by atoms with Gasteiger partial charge in [0.25, 0.3) is 0 Å². The molecule has 0 amide bonds. The number of aliphatic hydroxyl groups is 2. The van der Waals surface area contributed by atoms with Gasteiger partial charge in [-0.05, 0) is 56.8 Å². The van der Waals surface area contributed by atoms with Crippen molar-refractivity contribution in [1.82, 2.24) is 0 Å². The molecule has 0 aromatic heterocycles. The SMILES string of the molecule is C=CCCC1(C(O)C/C=C/[C@H]2[C@H](O)CC(=O)[C@@H]2C/C=C\CCCC(=O)OC)CCC1. The summed E-state index contributed by atoms with van der Waals surface area (Å²) < 4.78 is 4.62. The molecule has 5 heteroatoms. The van der Waals surface area contributed by atoms with Crippen LogP contribution in [0.2, 0.25) is 0 Å². The van der Waals surface area contributed by atoms with Crippen LogP contribution in [0.5, 0.6) is 0 Å². The van der Waals surface area contributed by atoms with Gasteiger partial charge in [0.2, 0.25) is 0 Å². The number of allylic oxidation sites excluding steroid dienone is 3. The van der Waals surface area contributed by atoms with E-state index in [0.717, 1.165) is 38.5 Å². The molecule has 0 bridgehead atoms. The number of methoxy groups -OCH3 is 1. The average Bonchev–Trinajstić information content (AvgIpc) is 2.96. The van der Waals surface area contributed by atoms with Crippen LogP contribution in [-0.4, -0.2) is 41.3 Å². The number of hydrogen-bond donors (Lipinski definition) is 2. The van der Waals surface area contributed by atoms with Gasteiger partial charge in [-0.3, -0.25) is 9.59 Å². The highest BCUT2D eigenvalue weighted by Crippen LogP contribution is 2.48. The van der Waals surface area contributed by atoms with Crippen LogP contribution in [-0.2, 0) is 14.3 Å². The maximum atomic E-state index is 12.3. The quantitative estimate of drug-likeness (QED) is 0.265. The van der Waals surface area contributed by atoms with E-state index < -0.39 is 6.10 Å². The first-order chi connectivity index (χ1) is 14.4. The van der Waals surface area contributed by atoms with E-state index in [1.165, 1.54) is 13.5 Å². The molecule has 2 N–H and O–H groups in total. The van der Waals surface area contributed by atoms with Gasteiger partial charge in [-0.25, -0.2) is 0 Å². The van der Waals surface area contributed by atoms with Crippen LogP contribution >= 0.6 is 0 Å². The summed E-state index contributed by atoms with van der Waals surface area (Å²) in [5, 5.41) is 21.1. The second-order valence-corrected chi connectivity index (χ2v) is 8.82. The summed E-state index contributed by atoms with van der Waals surface area (Å²) in [5.41, 5.74) is 0.00891. The van der Waals surface area contributed by atoms with E-state index in [9.17, 15) is 19.8 Å². The minimum absolute atomic E-state index is 0.00891. The van der Waals surface area contributed by atoms with E-state index >= 15 is 0 Å². The first-order valence-corrected chi connectivity index (χ1v) is 11.3. The zero-order valence-corrected chi connectivity index (χ0v) is 18.3. The first kappa shape index (κ1) is 24.5. The monoisotopic (exact) mass is 418 g/mol. The van der Waals surface area contributed by atoms with Crippen molar-refractivity contribution in [3.8, 4) is 0 Å². The normalized spacial score (nSPS) is 26.8. The molecule has 0 heterocycles. The summed E-state index contributed by atoms with van der Waals surface area (Å²) >= 11 is 0. The fraction of sp³-hybridized carbons (Fsp3) is 0.680. The highest BCUT2D eigenvalue weighted by Gasteiger charge is 2.42. The maximum absolute atomic E-state index is 12.3.